The number of hydrogen-bond acceptors (Lipinski definition) is 3. The Labute approximate surface area is 111 Å². The molecule has 0 radical (unpaired) electrons. The van der Waals surface area contributed by atoms with Crippen LogP contribution >= 0.6 is 0 Å². The van der Waals surface area contributed by atoms with Crippen molar-refractivity contribution in [2.75, 3.05) is 38.8 Å². The average molecular weight is 250 g/mol. The zero-order valence-electron chi connectivity index (χ0n) is 12.1. The maximum Gasteiger partial charge on any atom is 0.0637 e. The number of benzene rings is 1. The molecule has 3 nitrogen and oxygen atoms in total. The molecule has 0 amide bonds. The van der Waals surface area contributed by atoms with Gasteiger partial charge in [0.2, 0.25) is 0 Å². The summed E-state index contributed by atoms with van der Waals surface area (Å²) in [5.74, 6) is 0. The molecule has 0 aliphatic rings. The van der Waals surface area contributed by atoms with Crippen molar-refractivity contribution in [3.63, 3.8) is 0 Å². The summed E-state index contributed by atoms with van der Waals surface area (Å²) in [6.45, 7) is 7.13. The van der Waals surface area contributed by atoms with Crippen LogP contribution in [-0.2, 0) is 4.74 Å². The number of nitrogens with one attached hydrogen (secondary N) is 1. The molecule has 0 heterocycles. The zero-order chi connectivity index (χ0) is 13.4. The van der Waals surface area contributed by atoms with E-state index >= 15 is 0 Å². The zero-order valence-corrected chi connectivity index (χ0v) is 12.1. The highest BCUT2D eigenvalue weighted by Crippen LogP contribution is 2.25. The molecule has 1 unspecified atom stereocenters. The van der Waals surface area contributed by atoms with Gasteiger partial charge in [-0.05, 0) is 31.5 Å². The number of nitrogens with zero attached hydrogens (tertiary/aromatic N) is 1. The summed E-state index contributed by atoms with van der Waals surface area (Å²) in [5.41, 5.74) is 2.63. The molecule has 0 saturated carbocycles. The van der Waals surface area contributed by atoms with Gasteiger partial charge in [0.05, 0.1) is 6.61 Å². The first-order valence-corrected chi connectivity index (χ1v) is 6.73. The Hall–Kier alpha value is -1.06. The Kier molecular flexibility index (Phi) is 6.76. The number of para-hydroxylation sites is 1. The van der Waals surface area contributed by atoms with Gasteiger partial charge in [0.25, 0.3) is 0 Å². The summed E-state index contributed by atoms with van der Waals surface area (Å²) in [6.07, 6.45) is 1.16. The Morgan fingerprint density at radius 2 is 2.06 bits per heavy atom. The van der Waals surface area contributed by atoms with E-state index in [0.717, 1.165) is 26.1 Å². The molecule has 0 saturated heterocycles. The Balaban J connectivity index is 2.77. The van der Waals surface area contributed by atoms with Crippen molar-refractivity contribution < 1.29 is 4.74 Å². The van der Waals surface area contributed by atoms with Crippen LogP contribution in [0.25, 0.3) is 0 Å². The largest absolute Gasteiger partial charge is 0.383 e. The molecule has 1 rings (SSSR count). The van der Waals surface area contributed by atoms with Crippen LogP contribution in [0, 0.1) is 0 Å². The lowest BCUT2D eigenvalue weighted by Crippen LogP contribution is -2.26. The highest BCUT2D eigenvalue weighted by atomic mass is 16.5. The van der Waals surface area contributed by atoms with Gasteiger partial charge in [0, 0.05) is 32.4 Å². The van der Waals surface area contributed by atoms with Crippen LogP contribution in [0.3, 0.4) is 0 Å². The lowest BCUT2D eigenvalue weighted by atomic mass is 10.1. The second-order valence-electron chi connectivity index (χ2n) is 4.65. The van der Waals surface area contributed by atoms with Crippen LogP contribution in [0.5, 0.6) is 0 Å². The highest BCUT2D eigenvalue weighted by molar-refractivity contribution is 5.54. The van der Waals surface area contributed by atoms with E-state index in [1.54, 1.807) is 7.11 Å². The second-order valence-corrected chi connectivity index (χ2v) is 4.65. The van der Waals surface area contributed by atoms with E-state index in [-0.39, 0.29) is 0 Å². The number of ether oxygens (including phenoxy) is 1. The standard InChI is InChI=1S/C15H26N2O/c1-5-10-16-13(2)14-8-6-7-9-15(14)17(3)11-12-18-4/h6-9,13,16H,5,10-12H2,1-4H3. The van der Waals surface area contributed by atoms with Gasteiger partial charge in [-0.1, -0.05) is 25.1 Å². The summed E-state index contributed by atoms with van der Waals surface area (Å²) in [5, 5.41) is 3.54. The minimum atomic E-state index is 0.381. The van der Waals surface area contributed by atoms with Gasteiger partial charge < -0.3 is 15.0 Å². The summed E-state index contributed by atoms with van der Waals surface area (Å²) in [7, 11) is 3.86. The van der Waals surface area contributed by atoms with Crippen molar-refractivity contribution in [1.29, 1.82) is 0 Å². The number of likely N-dealkylation sites (N-methyl/N-ethyl adjacent to an activating group) is 1. The number of methoxy groups -OCH3 is 1. The van der Waals surface area contributed by atoms with E-state index < -0.39 is 0 Å². The first kappa shape index (κ1) is 15.0. The van der Waals surface area contributed by atoms with Gasteiger partial charge >= 0.3 is 0 Å². The molecule has 0 spiro atoms. The van der Waals surface area contributed by atoms with E-state index in [2.05, 4.69) is 55.4 Å². The molecule has 0 bridgehead atoms. The minimum absolute atomic E-state index is 0.381. The van der Waals surface area contributed by atoms with Crippen molar-refractivity contribution in [3.8, 4) is 0 Å². The first-order valence-electron chi connectivity index (χ1n) is 6.73. The van der Waals surface area contributed by atoms with Crippen LogP contribution < -0.4 is 10.2 Å². The predicted octanol–water partition coefficient (Wildman–Crippen LogP) is 2.83. The monoisotopic (exact) mass is 250 g/mol. The van der Waals surface area contributed by atoms with Gasteiger partial charge in [-0.25, -0.2) is 0 Å². The topological polar surface area (TPSA) is 24.5 Å². The van der Waals surface area contributed by atoms with Crippen molar-refractivity contribution in [3.05, 3.63) is 29.8 Å². The summed E-state index contributed by atoms with van der Waals surface area (Å²) in [4.78, 5) is 2.25. The SMILES string of the molecule is CCCNC(C)c1ccccc1N(C)CCOC. The summed E-state index contributed by atoms with van der Waals surface area (Å²) >= 11 is 0. The molecule has 18 heavy (non-hydrogen) atoms. The van der Waals surface area contributed by atoms with Gasteiger partial charge in [-0.3, -0.25) is 0 Å². The third-order valence-electron chi connectivity index (χ3n) is 3.15. The molecule has 1 aromatic carbocycles. The smallest absolute Gasteiger partial charge is 0.0637 e. The van der Waals surface area contributed by atoms with Crippen molar-refractivity contribution in [1.82, 2.24) is 5.32 Å². The first-order chi connectivity index (χ1) is 8.70. The molecule has 0 aliphatic carbocycles. The van der Waals surface area contributed by atoms with Crippen molar-refractivity contribution in [2.45, 2.75) is 26.3 Å². The van der Waals surface area contributed by atoms with Gasteiger partial charge in [0.15, 0.2) is 0 Å². The van der Waals surface area contributed by atoms with E-state index in [1.165, 1.54) is 11.3 Å². The maximum atomic E-state index is 5.14. The fourth-order valence-corrected chi connectivity index (χ4v) is 2.02. The maximum absolute atomic E-state index is 5.14. The van der Waals surface area contributed by atoms with E-state index in [1.807, 2.05) is 0 Å². The molecule has 3 heteroatoms. The third-order valence-corrected chi connectivity index (χ3v) is 3.15. The minimum Gasteiger partial charge on any atom is -0.383 e. The predicted molar refractivity (Wildman–Crippen MR) is 78.3 cm³/mol. The quantitative estimate of drug-likeness (QED) is 0.768. The van der Waals surface area contributed by atoms with E-state index in [0.29, 0.717) is 6.04 Å². The normalized spacial score (nSPS) is 12.4. The van der Waals surface area contributed by atoms with Gasteiger partial charge in [0.1, 0.15) is 0 Å². The molecule has 1 N–H and O–H groups in total. The summed E-state index contributed by atoms with van der Waals surface area (Å²) < 4.78 is 5.14. The van der Waals surface area contributed by atoms with Gasteiger partial charge in [-0.15, -0.1) is 0 Å². The number of hydrogen-bond donors (Lipinski definition) is 1. The van der Waals surface area contributed by atoms with Crippen molar-refractivity contribution >= 4 is 5.69 Å². The van der Waals surface area contributed by atoms with E-state index in [9.17, 15) is 0 Å². The molecular formula is C15H26N2O. The third kappa shape index (κ3) is 4.31. The van der Waals surface area contributed by atoms with Crippen LogP contribution in [-0.4, -0.2) is 33.9 Å². The van der Waals surface area contributed by atoms with E-state index in [4.69, 9.17) is 4.74 Å². The number of rotatable bonds is 8. The fraction of sp³-hybridized carbons (Fsp3) is 0.600. The van der Waals surface area contributed by atoms with Crippen molar-refractivity contribution in [2.24, 2.45) is 0 Å². The molecule has 1 atom stereocenters. The average Bonchev–Trinajstić information content (AvgIpc) is 2.42. The Morgan fingerprint density at radius 1 is 1.33 bits per heavy atom. The molecule has 0 aliphatic heterocycles. The Bertz CT molecular complexity index is 308. The van der Waals surface area contributed by atoms with Gasteiger partial charge in [-0.2, -0.15) is 0 Å². The molecule has 0 fully saturated rings. The van der Waals surface area contributed by atoms with Crippen LogP contribution in [0.15, 0.2) is 24.3 Å². The van der Waals surface area contributed by atoms with Crippen LogP contribution in [0.4, 0.5) is 5.69 Å². The summed E-state index contributed by atoms with van der Waals surface area (Å²) in [6, 6.07) is 8.95. The van der Waals surface area contributed by atoms with Crippen LogP contribution in [0.1, 0.15) is 31.9 Å². The molecule has 102 valence electrons. The highest BCUT2D eigenvalue weighted by Gasteiger charge is 2.12. The van der Waals surface area contributed by atoms with Crippen LogP contribution in [0.2, 0.25) is 0 Å². The molecule has 1 aromatic rings. The fourth-order valence-electron chi connectivity index (χ4n) is 2.02. The second kappa shape index (κ2) is 8.11. The molecular weight excluding hydrogens is 224 g/mol. The lowest BCUT2D eigenvalue weighted by Gasteiger charge is -2.25. The molecule has 0 aromatic heterocycles. The Morgan fingerprint density at radius 3 is 2.72 bits per heavy atom. The number of anilines is 1. The lowest BCUT2D eigenvalue weighted by molar-refractivity contribution is 0.206.